The Hall–Kier alpha value is -3.85. The number of rotatable bonds is 12. The summed E-state index contributed by atoms with van der Waals surface area (Å²) in [6.07, 6.45) is 0.737. The summed E-state index contributed by atoms with van der Waals surface area (Å²) in [6.45, 7) is 8.90. The van der Waals surface area contributed by atoms with Crippen LogP contribution >= 0.6 is 0 Å². The number of ether oxygens (including phenoxy) is 1. The third-order valence-corrected chi connectivity index (χ3v) is 8.69. The van der Waals surface area contributed by atoms with Gasteiger partial charge < -0.3 is 15.0 Å². The predicted octanol–water partition coefficient (Wildman–Crippen LogP) is 4.84. The van der Waals surface area contributed by atoms with Gasteiger partial charge in [-0.3, -0.25) is 13.9 Å². The molecule has 0 aliphatic heterocycles. The smallest absolute Gasteiger partial charge is 0.264 e. The molecule has 0 spiro atoms. The molecule has 0 heterocycles. The average Bonchev–Trinajstić information content (AvgIpc) is 2.95. The van der Waals surface area contributed by atoms with Crippen LogP contribution in [0.25, 0.3) is 0 Å². The molecule has 0 aliphatic carbocycles. The molecule has 0 saturated heterocycles. The van der Waals surface area contributed by atoms with E-state index in [2.05, 4.69) is 5.32 Å². The monoisotopic (exact) mass is 565 g/mol. The van der Waals surface area contributed by atoms with E-state index >= 15 is 0 Å². The quantitative estimate of drug-likeness (QED) is 0.339. The van der Waals surface area contributed by atoms with Gasteiger partial charge in [-0.05, 0) is 75.6 Å². The minimum atomic E-state index is -4.10. The molecule has 2 amide bonds. The zero-order valence-corrected chi connectivity index (χ0v) is 24.9. The van der Waals surface area contributed by atoms with Gasteiger partial charge in [0.2, 0.25) is 11.8 Å². The van der Waals surface area contributed by atoms with Crippen molar-refractivity contribution < 1.29 is 22.7 Å². The van der Waals surface area contributed by atoms with E-state index in [9.17, 15) is 18.0 Å². The van der Waals surface area contributed by atoms with Crippen LogP contribution in [-0.2, 0) is 26.2 Å². The molecule has 0 bridgehead atoms. The fourth-order valence-corrected chi connectivity index (χ4v) is 5.79. The Balaban J connectivity index is 2.04. The summed E-state index contributed by atoms with van der Waals surface area (Å²) in [6, 6.07) is 19.7. The minimum Gasteiger partial charge on any atom is -0.497 e. The van der Waals surface area contributed by atoms with Crippen molar-refractivity contribution >= 4 is 27.5 Å². The summed E-state index contributed by atoms with van der Waals surface area (Å²) >= 11 is 0. The molecule has 3 rings (SSSR count). The van der Waals surface area contributed by atoms with Crippen LogP contribution in [0.4, 0.5) is 5.69 Å². The normalized spacial score (nSPS) is 12.8. The number of hydrogen-bond acceptors (Lipinski definition) is 5. The van der Waals surface area contributed by atoms with Crippen LogP contribution in [0.3, 0.4) is 0 Å². The first kappa shape index (κ1) is 30.7. The molecule has 1 N–H and O–H groups in total. The van der Waals surface area contributed by atoms with E-state index < -0.39 is 28.5 Å². The molecule has 0 saturated carbocycles. The summed E-state index contributed by atoms with van der Waals surface area (Å²) < 4.78 is 34.2. The maximum absolute atomic E-state index is 14.0. The molecule has 214 valence electrons. The zero-order valence-electron chi connectivity index (χ0n) is 24.0. The van der Waals surface area contributed by atoms with Gasteiger partial charge in [0.25, 0.3) is 10.0 Å². The summed E-state index contributed by atoms with van der Waals surface area (Å²) in [5.74, 6) is -0.138. The van der Waals surface area contributed by atoms with E-state index in [0.29, 0.717) is 11.4 Å². The zero-order chi connectivity index (χ0) is 29.4. The van der Waals surface area contributed by atoms with Gasteiger partial charge in [-0.1, -0.05) is 55.0 Å². The van der Waals surface area contributed by atoms with Crippen molar-refractivity contribution in [3.05, 3.63) is 89.5 Å². The molecule has 8 nitrogen and oxygen atoms in total. The van der Waals surface area contributed by atoms with Gasteiger partial charge in [0, 0.05) is 12.6 Å². The Labute approximate surface area is 238 Å². The van der Waals surface area contributed by atoms with Crippen molar-refractivity contribution in [2.45, 2.75) is 64.6 Å². The van der Waals surface area contributed by atoms with E-state index in [-0.39, 0.29) is 23.4 Å². The van der Waals surface area contributed by atoms with Crippen molar-refractivity contribution in [1.29, 1.82) is 0 Å². The number of methoxy groups -OCH3 is 1. The van der Waals surface area contributed by atoms with Crippen LogP contribution in [0.2, 0.25) is 0 Å². The highest BCUT2D eigenvalue weighted by atomic mass is 32.2. The summed E-state index contributed by atoms with van der Waals surface area (Å²) in [4.78, 5) is 28.7. The second-order valence-electron chi connectivity index (χ2n) is 9.98. The molecule has 0 unspecified atom stereocenters. The predicted molar refractivity (Wildman–Crippen MR) is 158 cm³/mol. The summed E-state index contributed by atoms with van der Waals surface area (Å²) in [7, 11) is -2.53. The van der Waals surface area contributed by atoms with Gasteiger partial charge in [0.15, 0.2) is 0 Å². The number of aryl methyl sites for hydroxylation is 2. The third-order valence-electron chi connectivity index (χ3n) is 6.91. The van der Waals surface area contributed by atoms with Crippen LogP contribution in [0.15, 0.2) is 77.7 Å². The van der Waals surface area contributed by atoms with Gasteiger partial charge in [-0.25, -0.2) is 8.42 Å². The first-order valence-electron chi connectivity index (χ1n) is 13.4. The molecule has 0 aromatic heterocycles. The number of carbonyl (C=O) groups excluding carboxylic acids is 2. The van der Waals surface area contributed by atoms with Crippen LogP contribution in [0.1, 0.15) is 43.9 Å². The Morgan fingerprint density at radius 1 is 0.950 bits per heavy atom. The average molecular weight is 566 g/mol. The van der Waals surface area contributed by atoms with E-state index in [4.69, 9.17) is 4.74 Å². The lowest BCUT2D eigenvalue weighted by Crippen LogP contribution is -2.52. The van der Waals surface area contributed by atoms with Crippen molar-refractivity contribution in [3.8, 4) is 5.75 Å². The fraction of sp³-hybridized carbons (Fsp3) is 0.355. The lowest BCUT2D eigenvalue weighted by atomic mass is 10.1. The Kier molecular flexibility index (Phi) is 10.3. The first-order chi connectivity index (χ1) is 19.0. The molecular weight excluding hydrogens is 526 g/mol. The molecule has 3 aromatic carbocycles. The Morgan fingerprint density at radius 3 is 2.17 bits per heavy atom. The standard InChI is InChI=1S/C31H39N3O5S/c1-7-24(4)32-31(36)25(5)33(20-26-14-16-27(39-6)17-15-26)30(35)21-34(29-18-13-22(2)19-23(29)3)40(37,38)28-11-9-8-10-12-28/h8-19,24-25H,7,20-21H2,1-6H3,(H,32,36)/t24-,25+/m0/s1. The maximum atomic E-state index is 14.0. The highest BCUT2D eigenvalue weighted by molar-refractivity contribution is 7.92. The lowest BCUT2D eigenvalue weighted by Gasteiger charge is -2.33. The van der Waals surface area contributed by atoms with Crippen molar-refractivity contribution in [3.63, 3.8) is 0 Å². The molecule has 0 fully saturated rings. The van der Waals surface area contributed by atoms with Crippen LogP contribution in [-0.4, -0.2) is 50.9 Å². The Morgan fingerprint density at radius 2 is 1.60 bits per heavy atom. The van der Waals surface area contributed by atoms with E-state index in [1.165, 1.54) is 17.0 Å². The number of carbonyl (C=O) groups is 2. The molecule has 3 aromatic rings. The number of anilines is 1. The van der Waals surface area contributed by atoms with E-state index in [1.807, 2.05) is 52.0 Å². The van der Waals surface area contributed by atoms with Gasteiger partial charge in [-0.2, -0.15) is 0 Å². The number of nitrogens with zero attached hydrogens (tertiary/aromatic N) is 2. The third kappa shape index (κ3) is 7.41. The van der Waals surface area contributed by atoms with E-state index in [0.717, 1.165) is 27.4 Å². The van der Waals surface area contributed by atoms with Crippen LogP contribution in [0, 0.1) is 13.8 Å². The minimum absolute atomic E-state index is 0.0712. The number of sulfonamides is 1. The van der Waals surface area contributed by atoms with E-state index in [1.54, 1.807) is 50.4 Å². The Bertz CT molecular complexity index is 1410. The fourth-order valence-electron chi connectivity index (χ4n) is 4.29. The van der Waals surface area contributed by atoms with Gasteiger partial charge in [-0.15, -0.1) is 0 Å². The highest BCUT2D eigenvalue weighted by Gasteiger charge is 2.33. The van der Waals surface area contributed by atoms with Gasteiger partial charge >= 0.3 is 0 Å². The second-order valence-corrected chi connectivity index (χ2v) is 11.8. The molecule has 2 atom stereocenters. The topological polar surface area (TPSA) is 96.0 Å². The van der Waals surface area contributed by atoms with Gasteiger partial charge in [0.05, 0.1) is 17.7 Å². The molecule has 0 radical (unpaired) electrons. The highest BCUT2D eigenvalue weighted by Crippen LogP contribution is 2.28. The molecule has 9 heteroatoms. The number of hydrogen-bond donors (Lipinski definition) is 1. The lowest BCUT2D eigenvalue weighted by molar-refractivity contribution is -0.139. The van der Waals surface area contributed by atoms with Crippen molar-refractivity contribution in [1.82, 2.24) is 10.2 Å². The first-order valence-corrected chi connectivity index (χ1v) is 14.8. The number of benzene rings is 3. The molecular formula is C31H39N3O5S. The second kappa shape index (κ2) is 13.5. The summed E-state index contributed by atoms with van der Waals surface area (Å²) in [5.41, 5.74) is 2.88. The van der Waals surface area contributed by atoms with Crippen molar-refractivity contribution in [2.75, 3.05) is 18.0 Å². The van der Waals surface area contributed by atoms with Gasteiger partial charge in [0.1, 0.15) is 18.3 Å². The van der Waals surface area contributed by atoms with Crippen molar-refractivity contribution in [2.24, 2.45) is 0 Å². The van der Waals surface area contributed by atoms with Crippen LogP contribution < -0.4 is 14.4 Å². The maximum Gasteiger partial charge on any atom is 0.264 e. The number of nitrogens with one attached hydrogen (secondary N) is 1. The summed E-state index contributed by atoms with van der Waals surface area (Å²) in [5, 5.41) is 2.94. The largest absolute Gasteiger partial charge is 0.497 e. The SMILES string of the molecule is CC[C@H](C)NC(=O)[C@@H](C)N(Cc1ccc(OC)cc1)C(=O)CN(c1ccc(C)cc1C)S(=O)(=O)c1ccccc1. The number of amides is 2. The van der Waals surface area contributed by atoms with Crippen LogP contribution in [0.5, 0.6) is 5.75 Å². The molecule has 40 heavy (non-hydrogen) atoms. The molecule has 0 aliphatic rings.